The summed E-state index contributed by atoms with van der Waals surface area (Å²) in [6.07, 6.45) is 18.4. The molecule has 0 aromatic rings. The van der Waals surface area contributed by atoms with Crippen LogP contribution >= 0.6 is 0 Å². The molecule has 0 aromatic heterocycles. The zero-order valence-electron chi connectivity index (χ0n) is 17.8. The van der Waals surface area contributed by atoms with Crippen LogP contribution in [0.5, 0.6) is 0 Å². The number of carbonyl (C=O) groups is 1. The van der Waals surface area contributed by atoms with Crippen LogP contribution in [0.15, 0.2) is 0 Å². The minimum absolute atomic E-state index is 0.00834. The van der Waals surface area contributed by atoms with Crippen LogP contribution in [0.4, 0.5) is 0 Å². The fraction of sp³-hybridized carbons (Fsp3) is 0.957. The van der Waals surface area contributed by atoms with Crippen LogP contribution in [0, 0.1) is 11.8 Å². The SMILES string of the molecule is CC(C)CCCCCCCCCCOC(=O)CCCCCCC(C)C. The summed E-state index contributed by atoms with van der Waals surface area (Å²) in [5.74, 6) is 1.66. The predicted octanol–water partition coefficient (Wildman–Crippen LogP) is 7.69. The fourth-order valence-corrected chi connectivity index (χ4v) is 3.15. The van der Waals surface area contributed by atoms with E-state index in [-0.39, 0.29) is 5.97 Å². The Morgan fingerprint density at radius 2 is 1.00 bits per heavy atom. The first-order valence-corrected chi connectivity index (χ1v) is 11.2. The molecule has 0 amide bonds. The Balaban J connectivity index is 3.17. The van der Waals surface area contributed by atoms with Gasteiger partial charge in [0.05, 0.1) is 6.61 Å². The Kier molecular flexibility index (Phi) is 17.9. The van der Waals surface area contributed by atoms with Gasteiger partial charge in [0.15, 0.2) is 0 Å². The van der Waals surface area contributed by atoms with Crippen molar-refractivity contribution in [2.45, 2.75) is 124 Å². The molecule has 25 heavy (non-hydrogen) atoms. The molecule has 0 saturated heterocycles. The van der Waals surface area contributed by atoms with Gasteiger partial charge in [-0.15, -0.1) is 0 Å². The highest BCUT2D eigenvalue weighted by Gasteiger charge is 2.03. The molecule has 0 aliphatic heterocycles. The Morgan fingerprint density at radius 1 is 0.600 bits per heavy atom. The molecule has 0 N–H and O–H groups in total. The molecule has 0 spiro atoms. The minimum atomic E-state index is 0.00834. The molecule has 0 heterocycles. The van der Waals surface area contributed by atoms with E-state index in [2.05, 4.69) is 27.7 Å². The van der Waals surface area contributed by atoms with Crippen LogP contribution in [-0.2, 0) is 9.53 Å². The first kappa shape index (κ1) is 24.5. The van der Waals surface area contributed by atoms with E-state index in [1.54, 1.807) is 0 Å². The number of esters is 1. The van der Waals surface area contributed by atoms with Crippen molar-refractivity contribution in [3.8, 4) is 0 Å². The first-order valence-electron chi connectivity index (χ1n) is 11.2. The van der Waals surface area contributed by atoms with Crippen molar-refractivity contribution in [3.63, 3.8) is 0 Å². The summed E-state index contributed by atoms with van der Waals surface area (Å²) in [5, 5.41) is 0. The van der Waals surface area contributed by atoms with E-state index in [0.717, 1.165) is 24.7 Å². The second-order valence-corrected chi connectivity index (χ2v) is 8.58. The van der Waals surface area contributed by atoms with Gasteiger partial charge in [-0.05, 0) is 24.7 Å². The molecule has 150 valence electrons. The van der Waals surface area contributed by atoms with Crippen molar-refractivity contribution in [2.75, 3.05) is 6.61 Å². The quantitative estimate of drug-likeness (QED) is 0.186. The highest BCUT2D eigenvalue weighted by molar-refractivity contribution is 5.69. The molecule has 0 atom stereocenters. The van der Waals surface area contributed by atoms with Gasteiger partial charge in [0.2, 0.25) is 0 Å². The summed E-state index contributed by atoms with van der Waals surface area (Å²) in [6, 6.07) is 0. The van der Waals surface area contributed by atoms with Gasteiger partial charge in [-0.1, -0.05) is 105 Å². The van der Waals surface area contributed by atoms with Gasteiger partial charge in [0.1, 0.15) is 0 Å². The van der Waals surface area contributed by atoms with Crippen molar-refractivity contribution in [1.82, 2.24) is 0 Å². The largest absolute Gasteiger partial charge is 0.466 e. The lowest BCUT2D eigenvalue weighted by Crippen LogP contribution is -2.05. The fourth-order valence-electron chi connectivity index (χ4n) is 3.15. The molecule has 2 heteroatoms. The van der Waals surface area contributed by atoms with E-state index >= 15 is 0 Å². The molecule has 0 unspecified atom stereocenters. The Morgan fingerprint density at radius 3 is 1.48 bits per heavy atom. The molecule has 0 saturated carbocycles. The maximum Gasteiger partial charge on any atom is 0.305 e. The van der Waals surface area contributed by atoms with E-state index in [4.69, 9.17) is 4.74 Å². The van der Waals surface area contributed by atoms with Crippen LogP contribution in [0.2, 0.25) is 0 Å². The molecule has 2 nitrogen and oxygen atoms in total. The van der Waals surface area contributed by atoms with E-state index in [9.17, 15) is 4.79 Å². The van der Waals surface area contributed by atoms with Crippen molar-refractivity contribution in [1.29, 1.82) is 0 Å². The summed E-state index contributed by atoms with van der Waals surface area (Å²) in [7, 11) is 0. The van der Waals surface area contributed by atoms with E-state index in [1.807, 2.05) is 0 Å². The van der Waals surface area contributed by atoms with E-state index in [1.165, 1.54) is 77.0 Å². The summed E-state index contributed by atoms with van der Waals surface area (Å²) < 4.78 is 5.33. The number of hydrogen-bond acceptors (Lipinski definition) is 2. The maximum absolute atomic E-state index is 11.6. The van der Waals surface area contributed by atoms with Crippen LogP contribution in [0.1, 0.15) is 124 Å². The highest BCUT2D eigenvalue weighted by atomic mass is 16.5. The molecule has 0 aliphatic rings. The van der Waals surface area contributed by atoms with Crippen molar-refractivity contribution < 1.29 is 9.53 Å². The van der Waals surface area contributed by atoms with Gasteiger partial charge in [-0.25, -0.2) is 0 Å². The average Bonchev–Trinajstić information content (AvgIpc) is 2.55. The van der Waals surface area contributed by atoms with Gasteiger partial charge >= 0.3 is 5.97 Å². The number of ether oxygens (including phenoxy) is 1. The molecule has 0 aliphatic carbocycles. The number of rotatable bonds is 18. The average molecular weight is 355 g/mol. The lowest BCUT2D eigenvalue weighted by atomic mass is 10.0. The zero-order chi connectivity index (χ0) is 18.8. The molecule has 0 aromatic carbocycles. The van der Waals surface area contributed by atoms with Crippen molar-refractivity contribution in [2.24, 2.45) is 11.8 Å². The third-order valence-electron chi connectivity index (χ3n) is 4.85. The molecular formula is C23H46O2. The molecule has 0 bridgehead atoms. The summed E-state index contributed by atoms with van der Waals surface area (Å²) in [5.41, 5.74) is 0. The summed E-state index contributed by atoms with van der Waals surface area (Å²) in [4.78, 5) is 11.6. The zero-order valence-corrected chi connectivity index (χ0v) is 17.8. The van der Waals surface area contributed by atoms with Crippen LogP contribution in [-0.4, -0.2) is 12.6 Å². The number of unbranched alkanes of at least 4 members (excludes halogenated alkanes) is 10. The summed E-state index contributed by atoms with van der Waals surface area (Å²) >= 11 is 0. The van der Waals surface area contributed by atoms with Gasteiger partial charge in [0, 0.05) is 6.42 Å². The maximum atomic E-state index is 11.6. The minimum Gasteiger partial charge on any atom is -0.466 e. The third-order valence-corrected chi connectivity index (χ3v) is 4.85. The predicted molar refractivity (Wildman–Crippen MR) is 110 cm³/mol. The van der Waals surface area contributed by atoms with Gasteiger partial charge in [-0.2, -0.15) is 0 Å². The monoisotopic (exact) mass is 354 g/mol. The highest BCUT2D eigenvalue weighted by Crippen LogP contribution is 2.13. The molecular weight excluding hydrogens is 308 g/mol. The van der Waals surface area contributed by atoms with Gasteiger partial charge in [0.25, 0.3) is 0 Å². The first-order chi connectivity index (χ1) is 12.0. The lowest BCUT2D eigenvalue weighted by molar-refractivity contribution is -0.143. The lowest BCUT2D eigenvalue weighted by Gasteiger charge is -2.06. The Bertz CT molecular complexity index is 284. The molecule has 0 rings (SSSR count). The third kappa shape index (κ3) is 21.4. The van der Waals surface area contributed by atoms with Gasteiger partial charge < -0.3 is 4.74 Å². The van der Waals surface area contributed by atoms with Crippen LogP contribution < -0.4 is 0 Å². The number of hydrogen-bond donors (Lipinski definition) is 0. The van der Waals surface area contributed by atoms with E-state index in [0.29, 0.717) is 13.0 Å². The topological polar surface area (TPSA) is 26.3 Å². The van der Waals surface area contributed by atoms with Crippen LogP contribution in [0.25, 0.3) is 0 Å². The van der Waals surface area contributed by atoms with Crippen LogP contribution in [0.3, 0.4) is 0 Å². The van der Waals surface area contributed by atoms with Crippen molar-refractivity contribution >= 4 is 5.97 Å². The molecule has 0 radical (unpaired) electrons. The standard InChI is InChI=1S/C23H46O2/c1-21(2)17-13-9-7-5-6-8-12-16-20-25-23(24)19-15-11-10-14-18-22(3)4/h21-22H,5-20H2,1-4H3. The van der Waals surface area contributed by atoms with Crippen molar-refractivity contribution in [3.05, 3.63) is 0 Å². The number of carbonyl (C=O) groups excluding carboxylic acids is 1. The Hall–Kier alpha value is -0.530. The second-order valence-electron chi connectivity index (χ2n) is 8.58. The second kappa shape index (κ2) is 18.3. The normalized spacial score (nSPS) is 11.4. The van der Waals surface area contributed by atoms with Gasteiger partial charge in [-0.3, -0.25) is 4.79 Å². The molecule has 0 fully saturated rings. The smallest absolute Gasteiger partial charge is 0.305 e. The Labute approximate surface area is 158 Å². The van der Waals surface area contributed by atoms with E-state index < -0.39 is 0 Å². The summed E-state index contributed by atoms with van der Waals surface area (Å²) in [6.45, 7) is 9.78.